The van der Waals surface area contributed by atoms with E-state index in [9.17, 15) is 18.8 Å². The SMILES string of the molecule is Cc1ccc(N2C(=O)NCC(C(=O)Nc3ccc(Cl)c(F)c3)C2=O)cc1. The lowest BCUT2D eigenvalue weighted by Gasteiger charge is -2.30. The van der Waals surface area contributed by atoms with Crippen molar-refractivity contribution in [2.45, 2.75) is 6.92 Å². The van der Waals surface area contributed by atoms with Crippen LogP contribution in [0.4, 0.5) is 20.6 Å². The Morgan fingerprint density at radius 2 is 1.92 bits per heavy atom. The molecule has 0 bridgehead atoms. The van der Waals surface area contributed by atoms with Crippen LogP contribution in [0.3, 0.4) is 0 Å². The van der Waals surface area contributed by atoms with Crippen molar-refractivity contribution in [1.82, 2.24) is 5.32 Å². The van der Waals surface area contributed by atoms with Gasteiger partial charge in [0.05, 0.1) is 10.7 Å². The Bertz CT molecular complexity index is 886. The minimum Gasteiger partial charge on any atom is -0.336 e. The number of anilines is 2. The van der Waals surface area contributed by atoms with Crippen LogP contribution in [0.2, 0.25) is 5.02 Å². The Morgan fingerprint density at radius 3 is 2.58 bits per heavy atom. The first-order valence-electron chi connectivity index (χ1n) is 7.81. The maximum Gasteiger partial charge on any atom is 0.328 e. The van der Waals surface area contributed by atoms with Gasteiger partial charge in [-0.1, -0.05) is 29.3 Å². The molecule has 1 atom stereocenters. The van der Waals surface area contributed by atoms with Crippen molar-refractivity contribution in [3.05, 3.63) is 58.9 Å². The van der Waals surface area contributed by atoms with E-state index in [1.807, 2.05) is 6.92 Å². The average molecular weight is 376 g/mol. The van der Waals surface area contributed by atoms with Gasteiger partial charge in [-0.2, -0.15) is 0 Å². The molecule has 0 radical (unpaired) electrons. The van der Waals surface area contributed by atoms with Crippen molar-refractivity contribution in [1.29, 1.82) is 0 Å². The van der Waals surface area contributed by atoms with Gasteiger partial charge in [0, 0.05) is 12.2 Å². The molecule has 6 nitrogen and oxygen atoms in total. The van der Waals surface area contributed by atoms with Crippen molar-refractivity contribution in [2.24, 2.45) is 5.92 Å². The van der Waals surface area contributed by atoms with Gasteiger partial charge in [0.25, 0.3) is 0 Å². The molecule has 2 N–H and O–H groups in total. The molecular weight excluding hydrogens is 361 g/mol. The number of benzene rings is 2. The first kappa shape index (κ1) is 17.9. The summed E-state index contributed by atoms with van der Waals surface area (Å²) < 4.78 is 13.5. The number of carbonyl (C=O) groups is 3. The molecule has 8 heteroatoms. The molecule has 26 heavy (non-hydrogen) atoms. The molecule has 3 rings (SSSR count). The van der Waals surface area contributed by atoms with Gasteiger partial charge in [-0.05, 0) is 37.3 Å². The van der Waals surface area contributed by atoms with Crippen LogP contribution < -0.4 is 15.5 Å². The van der Waals surface area contributed by atoms with E-state index in [0.29, 0.717) is 5.69 Å². The smallest absolute Gasteiger partial charge is 0.328 e. The van der Waals surface area contributed by atoms with E-state index in [1.165, 1.54) is 12.1 Å². The summed E-state index contributed by atoms with van der Waals surface area (Å²) in [6.07, 6.45) is 0. The largest absolute Gasteiger partial charge is 0.336 e. The van der Waals surface area contributed by atoms with Gasteiger partial charge < -0.3 is 10.6 Å². The molecule has 2 aromatic rings. The topological polar surface area (TPSA) is 78.5 Å². The minimum atomic E-state index is -1.13. The first-order chi connectivity index (χ1) is 12.4. The quantitative estimate of drug-likeness (QED) is 0.809. The fraction of sp³-hybridized carbons (Fsp3) is 0.167. The second-order valence-electron chi connectivity index (χ2n) is 5.87. The van der Waals surface area contributed by atoms with E-state index in [4.69, 9.17) is 11.6 Å². The number of imide groups is 1. The predicted octanol–water partition coefficient (Wildman–Crippen LogP) is 3.10. The standard InChI is InChI=1S/C18H15ClFN3O3/c1-10-2-5-12(6-3-10)23-17(25)13(9-21-18(23)26)16(24)22-11-4-7-14(19)15(20)8-11/h2-8,13H,9H2,1H3,(H,21,26)(H,22,24). The highest BCUT2D eigenvalue weighted by molar-refractivity contribution is 6.30. The highest BCUT2D eigenvalue weighted by atomic mass is 35.5. The number of nitrogens with zero attached hydrogens (tertiary/aromatic N) is 1. The second kappa shape index (κ2) is 7.13. The average Bonchev–Trinajstić information content (AvgIpc) is 2.60. The lowest BCUT2D eigenvalue weighted by Crippen LogP contribution is -2.58. The number of amides is 4. The number of hydrogen-bond donors (Lipinski definition) is 2. The maximum absolute atomic E-state index is 13.5. The van der Waals surface area contributed by atoms with Gasteiger partial charge in [0.2, 0.25) is 11.8 Å². The number of urea groups is 1. The summed E-state index contributed by atoms with van der Waals surface area (Å²) in [5, 5.41) is 4.92. The summed E-state index contributed by atoms with van der Waals surface area (Å²) in [6.45, 7) is 1.74. The van der Waals surface area contributed by atoms with Crippen molar-refractivity contribution >= 4 is 40.8 Å². The molecule has 4 amide bonds. The van der Waals surface area contributed by atoms with E-state index in [0.717, 1.165) is 16.5 Å². The number of hydrogen-bond acceptors (Lipinski definition) is 3. The molecular formula is C18H15ClFN3O3. The zero-order valence-corrected chi connectivity index (χ0v) is 14.5. The number of rotatable bonds is 3. The molecule has 1 heterocycles. The number of aryl methyl sites for hydroxylation is 1. The Balaban J connectivity index is 1.80. The Kier molecular flexibility index (Phi) is 4.90. The summed E-state index contributed by atoms with van der Waals surface area (Å²) in [4.78, 5) is 38.2. The summed E-state index contributed by atoms with van der Waals surface area (Å²) >= 11 is 5.61. The number of carbonyl (C=O) groups excluding carboxylic acids is 3. The zero-order valence-electron chi connectivity index (χ0n) is 13.8. The summed E-state index contributed by atoms with van der Waals surface area (Å²) in [5.41, 5.74) is 1.51. The van der Waals surface area contributed by atoms with Crippen molar-refractivity contribution in [3.8, 4) is 0 Å². The van der Waals surface area contributed by atoms with Crippen LogP contribution in [0.15, 0.2) is 42.5 Å². The van der Waals surface area contributed by atoms with E-state index in [1.54, 1.807) is 24.3 Å². The molecule has 2 aromatic carbocycles. The lowest BCUT2D eigenvalue weighted by atomic mass is 10.0. The van der Waals surface area contributed by atoms with E-state index >= 15 is 0 Å². The van der Waals surface area contributed by atoms with E-state index in [2.05, 4.69) is 10.6 Å². The monoisotopic (exact) mass is 375 g/mol. The Morgan fingerprint density at radius 1 is 1.23 bits per heavy atom. The highest BCUT2D eigenvalue weighted by Gasteiger charge is 2.39. The molecule has 0 aliphatic carbocycles. The van der Waals surface area contributed by atoms with Crippen LogP contribution in [-0.2, 0) is 9.59 Å². The van der Waals surface area contributed by atoms with Crippen LogP contribution >= 0.6 is 11.6 Å². The van der Waals surface area contributed by atoms with Gasteiger partial charge in [0.1, 0.15) is 11.7 Å². The van der Waals surface area contributed by atoms with Crippen molar-refractivity contribution < 1.29 is 18.8 Å². The summed E-state index contributed by atoms with van der Waals surface area (Å²) in [7, 11) is 0. The molecule has 0 spiro atoms. The Hall–Kier alpha value is -2.93. The third-order valence-corrected chi connectivity index (χ3v) is 4.28. The second-order valence-corrected chi connectivity index (χ2v) is 6.27. The van der Waals surface area contributed by atoms with Gasteiger partial charge >= 0.3 is 6.03 Å². The van der Waals surface area contributed by atoms with E-state index in [-0.39, 0.29) is 17.3 Å². The van der Waals surface area contributed by atoms with Crippen LogP contribution in [0.1, 0.15) is 5.56 Å². The van der Waals surface area contributed by atoms with Crippen LogP contribution in [0, 0.1) is 18.7 Å². The fourth-order valence-electron chi connectivity index (χ4n) is 2.56. The lowest BCUT2D eigenvalue weighted by molar-refractivity contribution is -0.130. The van der Waals surface area contributed by atoms with Crippen LogP contribution in [0.25, 0.3) is 0 Å². The molecule has 1 saturated heterocycles. The fourth-order valence-corrected chi connectivity index (χ4v) is 2.68. The number of nitrogens with one attached hydrogen (secondary N) is 2. The van der Waals surface area contributed by atoms with Gasteiger partial charge in [-0.15, -0.1) is 0 Å². The summed E-state index contributed by atoms with van der Waals surface area (Å²) in [6, 6.07) is 9.96. The Labute approximate surface area is 153 Å². The molecule has 1 fully saturated rings. The maximum atomic E-state index is 13.5. The summed E-state index contributed by atoms with van der Waals surface area (Å²) in [5.74, 6) is -3.11. The van der Waals surface area contributed by atoms with Gasteiger partial charge in [-0.25, -0.2) is 14.1 Å². The molecule has 0 aromatic heterocycles. The third kappa shape index (κ3) is 3.52. The van der Waals surface area contributed by atoms with E-state index < -0.39 is 29.6 Å². The van der Waals surface area contributed by atoms with Crippen molar-refractivity contribution in [3.63, 3.8) is 0 Å². The zero-order chi connectivity index (χ0) is 18.8. The minimum absolute atomic E-state index is 0.0745. The van der Waals surface area contributed by atoms with Crippen molar-refractivity contribution in [2.75, 3.05) is 16.8 Å². The normalized spacial score (nSPS) is 17.0. The highest BCUT2D eigenvalue weighted by Crippen LogP contribution is 2.23. The molecule has 1 aliphatic rings. The molecule has 1 unspecified atom stereocenters. The molecule has 1 aliphatic heterocycles. The first-order valence-corrected chi connectivity index (χ1v) is 8.19. The molecule has 0 saturated carbocycles. The third-order valence-electron chi connectivity index (χ3n) is 3.97. The molecule has 134 valence electrons. The van der Waals surface area contributed by atoms with Gasteiger partial charge in [-0.3, -0.25) is 9.59 Å². The predicted molar refractivity (Wildman–Crippen MR) is 95.6 cm³/mol. The van der Waals surface area contributed by atoms with Crippen LogP contribution in [-0.4, -0.2) is 24.4 Å². The van der Waals surface area contributed by atoms with Gasteiger partial charge in [0.15, 0.2) is 0 Å². The number of halogens is 2. The van der Waals surface area contributed by atoms with Crippen LogP contribution in [0.5, 0.6) is 0 Å².